The number of hydrogen-bond acceptors (Lipinski definition) is 3. The molecule has 0 spiro atoms. The molecular formula is C14H26N2O4. The Morgan fingerprint density at radius 2 is 2.15 bits per heavy atom. The van der Waals surface area contributed by atoms with Crippen LogP contribution in [0.15, 0.2) is 0 Å². The fraction of sp³-hybridized carbons (Fsp3) is 0.857. The summed E-state index contributed by atoms with van der Waals surface area (Å²) < 4.78 is 5.48. The van der Waals surface area contributed by atoms with Gasteiger partial charge in [0.15, 0.2) is 0 Å². The molecule has 116 valence electrons. The first kappa shape index (κ1) is 16.8. The number of nitrogens with zero attached hydrogens (tertiary/aromatic N) is 1. The highest BCUT2D eigenvalue weighted by atomic mass is 16.5. The van der Waals surface area contributed by atoms with Crippen molar-refractivity contribution in [2.24, 2.45) is 11.8 Å². The molecule has 0 radical (unpaired) electrons. The number of carbonyl (C=O) groups excluding carboxylic acids is 1. The summed E-state index contributed by atoms with van der Waals surface area (Å²) in [6.45, 7) is 6.23. The van der Waals surface area contributed by atoms with Crippen LogP contribution < -0.4 is 5.32 Å². The van der Waals surface area contributed by atoms with Gasteiger partial charge in [0.2, 0.25) is 0 Å². The molecule has 0 saturated heterocycles. The normalized spacial score (nSPS) is 15.7. The van der Waals surface area contributed by atoms with Crippen LogP contribution >= 0.6 is 0 Å². The van der Waals surface area contributed by atoms with E-state index < -0.39 is 11.9 Å². The van der Waals surface area contributed by atoms with Crippen LogP contribution in [-0.2, 0) is 9.53 Å². The molecule has 20 heavy (non-hydrogen) atoms. The molecule has 1 fully saturated rings. The Labute approximate surface area is 120 Å². The summed E-state index contributed by atoms with van der Waals surface area (Å²) in [7, 11) is 0. The van der Waals surface area contributed by atoms with Gasteiger partial charge in [-0.25, -0.2) is 4.79 Å². The first-order valence-corrected chi connectivity index (χ1v) is 7.37. The maximum atomic E-state index is 11.9. The van der Waals surface area contributed by atoms with Gasteiger partial charge in [0.25, 0.3) is 0 Å². The van der Waals surface area contributed by atoms with Gasteiger partial charge in [-0.15, -0.1) is 0 Å². The largest absolute Gasteiger partial charge is 0.481 e. The zero-order valence-electron chi connectivity index (χ0n) is 12.4. The number of carboxylic acid groups (broad SMARTS) is 1. The molecule has 2 N–H and O–H groups in total. The van der Waals surface area contributed by atoms with Crippen LogP contribution in [0.2, 0.25) is 0 Å². The van der Waals surface area contributed by atoms with Gasteiger partial charge in [-0.1, -0.05) is 6.92 Å². The second kappa shape index (κ2) is 8.79. The van der Waals surface area contributed by atoms with Crippen LogP contribution in [0, 0.1) is 11.8 Å². The molecule has 1 aliphatic carbocycles. The molecular weight excluding hydrogens is 260 g/mol. The number of urea groups is 1. The smallest absolute Gasteiger partial charge is 0.317 e. The first-order chi connectivity index (χ1) is 9.54. The summed E-state index contributed by atoms with van der Waals surface area (Å²) in [5.41, 5.74) is 0. The summed E-state index contributed by atoms with van der Waals surface area (Å²) in [6, 6.07) is -0.206. The molecule has 1 saturated carbocycles. The summed E-state index contributed by atoms with van der Waals surface area (Å²) in [6.07, 6.45) is 3.35. The molecule has 0 aromatic rings. The standard InChI is InChI=1S/C14H26N2O4/c1-3-16(9-11(2)13(17)18)14(19)15-7-4-8-20-10-12-5-6-12/h11-12H,3-10H2,1-2H3,(H,15,19)(H,17,18). The lowest BCUT2D eigenvalue weighted by Crippen LogP contribution is -2.43. The zero-order valence-corrected chi connectivity index (χ0v) is 12.4. The Morgan fingerprint density at radius 1 is 1.45 bits per heavy atom. The average molecular weight is 286 g/mol. The summed E-state index contributed by atoms with van der Waals surface area (Å²) in [5, 5.41) is 11.7. The minimum absolute atomic E-state index is 0.206. The third kappa shape index (κ3) is 6.75. The third-order valence-corrected chi connectivity index (χ3v) is 3.38. The van der Waals surface area contributed by atoms with Crippen LogP contribution in [0.25, 0.3) is 0 Å². The molecule has 0 aliphatic heterocycles. The van der Waals surface area contributed by atoms with Crippen molar-refractivity contribution in [1.82, 2.24) is 10.2 Å². The molecule has 0 heterocycles. The van der Waals surface area contributed by atoms with E-state index in [1.54, 1.807) is 6.92 Å². The number of nitrogens with one attached hydrogen (secondary N) is 1. The molecule has 1 aliphatic rings. The third-order valence-electron chi connectivity index (χ3n) is 3.38. The van der Waals surface area contributed by atoms with Crippen molar-refractivity contribution in [3.63, 3.8) is 0 Å². The Hall–Kier alpha value is -1.30. The van der Waals surface area contributed by atoms with Crippen molar-refractivity contribution < 1.29 is 19.4 Å². The van der Waals surface area contributed by atoms with Gasteiger partial charge in [-0.3, -0.25) is 4.79 Å². The second-order valence-corrected chi connectivity index (χ2v) is 5.38. The monoisotopic (exact) mass is 286 g/mol. The van der Waals surface area contributed by atoms with E-state index in [1.807, 2.05) is 6.92 Å². The molecule has 0 aromatic heterocycles. The van der Waals surface area contributed by atoms with E-state index in [1.165, 1.54) is 17.7 Å². The van der Waals surface area contributed by atoms with Crippen molar-refractivity contribution in [1.29, 1.82) is 0 Å². The van der Waals surface area contributed by atoms with Crippen molar-refractivity contribution in [3.8, 4) is 0 Å². The Kier molecular flexibility index (Phi) is 7.36. The van der Waals surface area contributed by atoms with Crippen LogP contribution in [0.5, 0.6) is 0 Å². The van der Waals surface area contributed by atoms with Gasteiger partial charge in [0.1, 0.15) is 0 Å². The lowest BCUT2D eigenvalue weighted by molar-refractivity contribution is -0.141. The van der Waals surface area contributed by atoms with E-state index >= 15 is 0 Å². The van der Waals surface area contributed by atoms with Crippen LogP contribution in [-0.4, -0.2) is 54.9 Å². The minimum atomic E-state index is -0.885. The molecule has 0 bridgehead atoms. The summed E-state index contributed by atoms with van der Waals surface area (Å²) in [4.78, 5) is 24.2. The van der Waals surface area contributed by atoms with Crippen LogP contribution in [0.1, 0.15) is 33.1 Å². The fourth-order valence-corrected chi connectivity index (χ4v) is 1.78. The van der Waals surface area contributed by atoms with Gasteiger partial charge in [-0.2, -0.15) is 0 Å². The highest BCUT2D eigenvalue weighted by Gasteiger charge is 2.21. The fourth-order valence-electron chi connectivity index (χ4n) is 1.78. The minimum Gasteiger partial charge on any atom is -0.481 e. The summed E-state index contributed by atoms with van der Waals surface area (Å²) in [5.74, 6) is -0.676. The number of amides is 2. The van der Waals surface area contributed by atoms with Crippen LogP contribution in [0.4, 0.5) is 4.79 Å². The van der Waals surface area contributed by atoms with E-state index in [0.717, 1.165) is 18.9 Å². The maximum Gasteiger partial charge on any atom is 0.317 e. The lowest BCUT2D eigenvalue weighted by Gasteiger charge is -2.23. The van der Waals surface area contributed by atoms with Crippen molar-refractivity contribution in [3.05, 3.63) is 0 Å². The van der Waals surface area contributed by atoms with E-state index in [4.69, 9.17) is 9.84 Å². The maximum absolute atomic E-state index is 11.9. The van der Waals surface area contributed by atoms with Gasteiger partial charge in [-0.05, 0) is 32.1 Å². The first-order valence-electron chi connectivity index (χ1n) is 7.37. The highest BCUT2D eigenvalue weighted by molar-refractivity contribution is 5.75. The number of ether oxygens (including phenoxy) is 1. The number of hydrogen-bond donors (Lipinski definition) is 2. The van der Waals surface area contributed by atoms with Gasteiger partial charge < -0.3 is 20.1 Å². The SMILES string of the molecule is CCN(CC(C)C(=O)O)C(=O)NCCCOCC1CC1. The Balaban J connectivity index is 2.09. The van der Waals surface area contributed by atoms with Crippen molar-refractivity contribution in [2.45, 2.75) is 33.1 Å². The summed E-state index contributed by atoms with van der Waals surface area (Å²) >= 11 is 0. The quantitative estimate of drug-likeness (QED) is 0.597. The molecule has 6 heteroatoms. The van der Waals surface area contributed by atoms with Gasteiger partial charge in [0, 0.05) is 32.8 Å². The number of rotatable bonds is 10. The highest BCUT2D eigenvalue weighted by Crippen LogP contribution is 2.28. The Morgan fingerprint density at radius 3 is 2.70 bits per heavy atom. The van der Waals surface area contributed by atoms with Crippen molar-refractivity contribution in [2.75, 3.05) is 32.8 Å². The van der Waals surface area contributed by atoms with E-state index in [0.29, 0.717) is 19.7 Å². The number of carboxylic acids is 1. The topological polar surface area (TPSA) is 78.9 Å². The lowest BCUT2D eigenvalue weighted by atomic mass is 10.2. The van der Waals surface area contributed by atoms with Gasteiger partial charge in [0.05, 0.1) is 5.92 Å². The molecule has 6 nitrogen and oxygen atoms in total. The zero-order chi connectivity index (χ0) is 15.0. The van der Waals surface area contributed by atoms with E-state index in [9.17, 15) is 9.59 Å². The number of carbonyl (C=O) groups is 2. The van der Waals surface area contributed by atoms with E-state index in [2.05, 4.69) is 5.32 Å². The molecule has 1 atom stereocenters. The molecule has 1 unspecified atom stereocenters. The second-order valence-electron chi connectivity index (χ2n) is 5.38. The van der Waals surface area contributed by atoms with Crippen LogP contribution in [0.3, 0.4) is 0 Å². The molecule has 2 amide bonds. The predicted molar refractivity (Wildman–Crippen MR) is 75.6 cm³/mol. The molecule has 1 rings (SSSR count). The number of aliphatic carboxylic acids is 1. The Bertz CT molecular complexity index is 318. The predicted octanol–water partition coefficient (Wildman–Crippen LogP) is 1.56. The van der Waals surface area contributed by atoms with Crippen molar-refractivity contribution >= 4 is 12.0 Å². The van der Waals surface area contributed by atoms with E-state index in [-0.39, 0.29) is 12.6 Å². The average Bonchev–Trinajstić information content (AvgIpc) is 3.23. The molecule has 0 aromatic carbocycles. The van der Waals surface area contributed by atoms with Gasteiger partial charge >= 0.3 is 12.0 Å².